The summed E-state index contributed by atoms with van der Waals surface area (Å²) in [6.45, 7) is 0. The summed E-state index contributed by atoms with van der Waals surface area (Å²) in [4.78, 5) is 49.4. The van der Waals surface area contributed by atoms with Crippen molar-refractivity contribution < 1.29 is 59.3 Å². The number of carbonyl (C=O) groups is 4. The lowest BCUT2D eigenvalue weighted by molar-refractivity contribution is -0.278. The molecule has 1 fully saturated rings. The smallest absolute Gasteiger partial charge is 0.340 e. The average Bonchev–Trinajstić information content (AvgIpc) is 2.76. The van der Waals surface area contributed by atoms with E-state index in [2.05, 4.69) is 0 Å². The Bertz CT molecular complexity index is 1200. The minimum atomic E-state index is -2.02. The van der Waals surface area contributed by atoms with Gasteiger partial charge < -0.3 is 40.1 Å². The molecule has 6 N–H and O–H groups in total. The molecular formula is C21H16O12. The molecule has 1 saturated heterocycles. The molecule has 0 aromatic heterocycles. The number of aliphatic carboxylic acids is 1. The monoisotopic (exact) mass is 460 g/mol. The van der Waals surface area contributed by atoms with Gasteiger partial charge in [-0.2, -0.15) is 0 Å². The molecule has 33 heavy (non-hydrogen) atoms. The summed E-state index contributed by atoms with van der Waals surface area (Å²) in [5.74, 6) is -5.83. The van der Waals surface area contributed by atoms with Crippen molar-refractivity contribution >= 4 is 23.5 Å². The molecule has 2 aromatic carbocycles. The number of ketones is 2. The van der Waals surface area contributed by atoms with E-state index >= 15 is 0 Å². The number of esters is 1. The first-order chi connectivity index (χ1) is 15.5. The number of aliphatic hydroxyl groups excluding tert-OH is 3. The highest BCUT2D eigenvalue weighted by molar-refractivity contribution is 6.30. The van der Waals surface area contributed by atoms with Gasteiger partial charge in [0.1, 0.15) is 29.8 Å². The van der Waals surface area contributed by atoms with Crippen LogP contribution in [-0.2, 0) is 14.3 Å². The SMILES string of the molecule is O=C(O[C@H]1O[C@@H](C(=O)O)[C@H](O)[C@@H](O)[C@@H]1O)c1cc(O)c2c(c1)C(=O)c1cccc(O)c1C2=O. The lowest BCUT2D eigenvalue weighted by atomic mass is 9.82. The van der Waals surface area contributed by atoms with Crippen LogP contribution < -0.4 is 0 Å². The predicted octanol–water partition coefficient (Wildman–Crippen LogP) is -1.08. The number of phenols is 2. The molecule has 172 valence electrons. The van der Waals surface area contributed by atoms with E-state index in [9.17, 15) is 44.7 Å². The summed E-state index contributed by atoms with van der Waals surface area (Å²) >= 11 is 0. The normalized spacial score (nSPS) is 26.3. The number of ether oxygens (including phenoxy) is 2. The standard InChI is InChI=1S/C21H16O12/c22-9-3-1-2-7-11(9)14(25)12-8(13(7)24)4-6(5-10(12)23)20(31)33-21-17(28)15(26)16(27)18(32-21)19(29)30/h1-5,15-18,21-23,26-28H,(H,29,30)/t15-,16-,17+,18-,21-/m1/s1. The number of carboxylic acids is 1. The maximum atomic E-state index is 12.9. The molecule has 12 heteroatoms. The van der Waals surface area contributed by atoms with E-state index in [0.717, 1.165) is 12.1 Å². The largest absolute Gasteiger partial charge is 0.507 e. The fraction of sp³-hybridized carbons (Fsp3) is 0.238. The van der Waals surface area contributed by atoms with Crippen LogP contribution in [0.3, 0.4) is 0 Å². The summed E-state index contributed by atoms with van der Waals surface area (Å²) < 4.78 is 9.75. The number of carbonyl (C=O) groups excluding carboxylic acids is 3. The van der Waals surface area contributed by atoms with Gasteiger partial charge >= 0.3 is 11.9 Å². The Kier molecular flexibility index (Phi) is 5.38. The Labute approximate surface area is 183 Å². The Morgan fingerprint density at radius 2 is 1.52 bits per heavy atom. The first-order valence-electron chi connectivity index (χ1n) is 9.44. The summed E-state index contributed by atoms with van der Waals surface area (Å²) in [6.07, 6.45) is -10.0. The molecule has 2 aromatic rings. The van der Waals surface area contributed by atoms with Crippen LogP contribution in [0.25, 0.3) is 0 Å². The highest BCUT2D eigenvalue weighted by atomic mass is 16.7. The Balaban J connectivity index is 1.66. The van der Waals surface area contributed by atoms with Gasteiger partial charge in [0.15, 0.2) is 11.9 Å². The lowest BCUT2D eigenvalue weighted by Gasteiger charge is -2.37. The van der Waals surface area contributed by atoms with Crippen LogP contribution >= 0.6 is 0 Å². The summed E-state index contributed by atoms with van der Waals surface area (Å²) in [7, 11) is 0. The van der Waals surface area contributed by atoms with E-state index in [1.54, 1.807) is 0 Å². The number of hydrogen-bond donors (Lipinski definition) is 6. The number of fused-ring (bicyclic) bond motifs is 2. The average molecular weight is 460 g/mol. The second kappa shape index (κ2) is 7.94. The van der Waals surface area contributed by atoms with Crippen LogP contribution in [0.2, 0.25) is 0 Å². The second-order valence-electron chi connectivity index (χ2n) is 7.42. The number of carboxylic acid groups (broad SMARTS) is 1. The molecule has 0 amide bonds. The summed E-state index contributed by atoms with van der Waals surface area (Å²) in [5.41, 5.74) is -1.70. The van der Waals surface area contributed by atoms with E-state index in [0.29, 0.717) is 0 Å². The van der Waals surface area contributed by atoms with Gasteiger partial charge in [-0.3, -0.25) is 9.59 Å². The third-order valence-corrected chi connectivity index (χ3v) is 5.38. The van der Waals surface area contributed by atoms with E-state index in [1.165, 1.54) is 18.2 Å². The summed E-state index contributed by atoms with van der Waals surface area (Å²) in [5, 5.41) is 58.9. The van der Waals surface area contributed by atoms with Crippen molar-refractivity contribution in [2.24, 2.45) is 0 Å². The van der Waals surface area contributed by atoms with E-state index in [-0.39, 0.29) is 16.7 Å². The zero-order chi connectivity index (χ0) is 24.2. The number of aromatic hydroxyl groups is 2. The van der Waals surface area contributed by atoms with Crippen LogP contribution in [0.5, 0.6) is 11.5 Å². The van der Waals surface area contributed by atoms with E-state index < -0.39 is 76.8 Å². The number of rotatable bonds is 3. The number of benzene rings is 2. The molecule has 0 radical (unpaired) electrons. The molecule has 1 aliphatic heterocycles. The molecule has 0 unspecified atom stereocenters. The molecule has 1 aliphatic carbocycles. The number of phenolic OH excluding ortho intramolecular Hbond substituents is 2. The van der Waals surface area contributed by atoms with Crippen LogP contribution in [0, 0.1) is 0 Å². The number of aliphatic hydroxyl groups is 3. The first-order valence-corrected chi connectivity index (χ1v) is 9.44. The van der Waals surface area contributed by atoms with Crippen molar-refractivity contribution in [3.05, 3.63) is 58.1 Å². The Hall–Kier alpha value is -3.84. The van der Waals surface area contributed by atoms with Gasteiger partial charge in [0, 0.05) is 11.1 Å². The van der Waals surface area contributed by atoms with Crippen LogP contribution in [0.1, 0.15) is 42.2 Å². The number of hydrogen-bond acceptors (Lipinski definition) is 11. The highest BCUT2D eigenvalue weighted by Crippen LogP contribution is 2.37. The van der Waals surface area contributed by atoms with Gasteiger partial charge in [-0.25, -0.2) is 9.59 Å². The van der Waals surface area contributed by atoms with Crippen molar-refractivity contribution in [3.8, 4) is 11.5 Å². The maximum Gasteiger partial charge on any atom is 0.340 e. The fourth-order valence-corrected chi connectivity index (χ4v) is 3.72. The first kappa shape index (κ1) is 22.4. The molecule has 1 heterocycles. The second-order valence-corrected chi connectivity index (χ2v) is 7.42. The maximum absolute atomic E-state index is 12.9. The quantitative estimate of drug-likeness (QED) is 0.258. The van der Waals surface area contributed by atoms with Gasteiger partial charge in [0.2, 0.25) is 12.1 Å². The van der Waals surface area contributed by atoms with Crippen molar-refractivity contribution in [1.29, 1.82) is 0 Å². The minimum absolute atomic E-state index is 0.148. The Morgan fingerprint density at radius 1 is 0.848 bits per heavy atom. The van der Waals surface area contributed by atoms with Gasteiger partial charge in [-0.1, -0.05) is 12.1 Å². The van der Waals surface area contributed by atoms with Crippen molar-refractivity contribution in [1.82, 2.24) is 0 Å². The van der Waals surface area contributed by atoms with Gasteiger partial charge in [0.05, 0.1) is 16.7 Å². The van der Waals surface area contributed by atoms with E-state index in [4.69, 9.17) is 14.6 Å². The molecular weight excluding hydrogens is 444 g/mol. The van der Waals surface area contributed by atoms with Crippen LogP contribution in [0.4, 0.5) is 0 Å². The third-order valence-electron chi connectivity index (χ3n) is 5.38. The zero-order valence-electron chi connectivity index (χ0n) is 16.4. The Morgan fingerprint density at radius 3 is 2.18 bits per heavy atom. The molecule has 0 spiro atoms. The van der Waals surface area contributed by atoms with Gasteiger partial charge in [0.25, 0.3) is 0 Å². The molecule has 12 nitrogen and oxygen atoms in total. The van der Waals surface area contributed by atoms with Gasteiger partial charge in [-0.15, -0.1) is 0 Å². The molecule has 4 rings (SSSR count). The zero-order valence-corrected chi connectivity index (χ0v) is 16.4. The fourth-order valence-electron chi connectivity index (χ4n) is 3.72. The van der Waals surface area contributed by atoms with Gasteiger partial charge in [-0.05, 0) is 18.2 Å². The van der Waals surface area contributed by atoms with Crippen molar-refractivity contribution in [2.45, 2.75) is 30.7 Å². The minimum Gasteiger partial charge on any atom is -0.507 e. The molecule has 2 aliphatic rings. The van der Waals surface area contributed by atoms with Crippen molar-refractivity contribution in [2.75, 3.05) is 0 Å². The predicted molar refractivity (Wildman–Crippen MR) is 103 cm³/mol. The topological polar surface area (TPSA) is 208 Å². The van der Waals surface area contributed by atoms with Crippen LogP contribution in [0.15, 0.2) is 30.3 Å². The molecule has 0 bridgehead atoms. The highest BCUT2D eigenvalue weighted by Gasteiger charge is 2.48. The van der Waals surface area contributed by atoms with E-state index in [1.807, 2.05) is 0 Å². The third kappa shape index (κ3) is 3.50. The molecule has 5 atom stereocenters. The van der Waals surface area contributed by atoms with Crippen molar-refractivity contribution in [3.63, 3.8) is 0 Å². The van der Waals surface area contributed by atoms with Crippen LogP contribution in [-0.4, -0.2) is 84.9 Å². The lowest BCUT2D eigenvalue weighted by Crippen LogP contribution is -2.60. The summed E-state index contributed by atoms with van der Waals surface area (Å²) in [6, 6.07) is 5.56. The molecule has 0 saturated carbocycles.